The summed E-state index contributed by atoms with van der Waals surface area (Å²) in [4.78, 5) is 10.7. The van der Waals surface area contributed by atoms with E-state index in [1.54, 1.807) is 0 Å². The fourth-order valence-electron chi connectivity index (χ4n) is 5.36. The quantitative estimate of drug-likeness (QED) is 0.714. The molecular formula is C14H23NO. The smallest absolute Gasteiger partial charge is 0.207 e. The van der Waals surface area contributed by atoms with E-state index in [1.807, 2.05) is 0 Å². The highest BCUT2D eigenvalue weighted by atomic mass is 16.1. The molecule has 0 aromatic carbocycles. The van der Waals surface area contributed by atoms with Gasteiger partial charge in [0.2, 0.25) is 6.41 Å². The molecule has 1 N–H and O–H groups in total. The van der Waals surface area contributed by atoms with Crippen LogP contribution in [0.2, 0.25) is 0 Å². The van der Waals surface area contributed by atoms with E-state index in [2.05, 4.69) is 26.1 Å². The molecule has 16 heavy (non-hydrogen) atoms. The Morgan fingerprint density at radius 2 is 1.94 bits per heavy atom. The third-order valence-electron chi connectivity index (χ3n) is 6.69. The molecule has 3 aliphatic rings. The second-order valence-electron chi connectivity index (χ2n) is 7.16. The number of hydrogen-bond acceptors (Lipinski definition) is 1. The Morgan fingerprint density at radius 3 is 2.31 bits per heavy atom. The Morgan fingerprint density at radius 1 is 1.19 bits per heavy atom. The van der Waals surface area contributed by atoms with Crippen molar-refractivity contribution in [3.8, 4) is 0 Å². The molecule has 2 heteroatoms. The summed E-state index contributed by atoms with van der Waals surface area (Å²) in [7, 11) is 0. The van der Waals surface area contributed by atoms with Crippen molar-refractivity contribution < 1.29 is 4.79 Å². The minimum atomic E-state index is 0.456. The van der Waals surface area contributed by atoms with Crippen molar-refractivity contribution in [2.24, 2.45) is 22.2 Å². The van der Waals surface area contributed by atoms with E-state index >= 15 is 0 Å². The lowest BCUT2D eigenvalue weighted by Crippen LogP contribution is -2.56. The molecule has 1 amide bonds. The van der Waals surface area contributed by atoms with Crippen molar-refractivity contribution >= 4 is 6.41 Å². The number of rotatable bonds is 2. The summed E-state index contributed by atoms with van der Waals surface area (Å²) < 4.78 is 0. The molecule has 0 heterocycles. The Hall–Kier alpha value is -0.530. The summed E-state index contributed by atoms with van der Waals surface area (Å²) in [5.74, 6) is 0.830. The van der Waals surface area contributed by atoms with Gasteiger partial charge in [0.15, 0.2) is 0 Å². The van der Waals surface area contributed by atoms with Crippen LogP contribution in [0.5, 0.6) is 0 Å². The molecule has 4 atom stereocenters. The van der Waals surface area contributed by atoms with Crippen LogP contribution >= 0.6 is 0 Å². The zero-order valence-electron chi connectivity index (χ0n) is 10.7. The van der Waals surface area contributed by atoms with Crippen molar-refractivity contribution in [3.63, 3.8) is 0 Å². The van der Waals surface area contributed by atoms with Crippen LogP contribution < -0.4 is 5.32 Å². The van der Waals surface area contributed by atoms with Crippen LogP contribution in [-0.4, -0.2) is 12.5 Å². The summed E-state index contributed by atoms with van der Waals surface area (Å²) in [6.07, 6.45) is 7.54. The Balaban J connectivity index is 1.94. The van der Waals surface area contributed by atoms with Crippen LogP contribution in [0.15, 0.2) is 0 Å². The number of nitrogens with one attached hydrogen (secondary N) is 1. The molecular weight excluding hydrogens is 198 g/mol. The summed E-state index contributed by atoms with van der Waals surface area (Å²) in [5.41, 5.74) is 1.44. The zero-order chi connectivity index (χ0) is 11.6. The molecule has 3 rings (SSSR count). The van der Waals surface area contributed by atoms with Crippen LogP contribution in [0.3, 0.4) is 0 Å². The largest absolute Gasteiger partial charge is 0.355 e. The summed E-state index contributed by atoms with van der Waals surface area (Å²) >= 11 is 0. The SMILES string of the molecule is CC12CCC(C3(CCC3NC=O)C1)C2(C)C. The maximum absolute atomic E-state index is 10.7. The Bertz CT molecular complexity index is 335. The fourth-order valence-corrected chi connectivity index (χ4v) is 5.36. The van der Waals surface area contributed by atoms with E-state index in [1.165, 1.54) is 32.1 Å². The van der Waals surface area contributed by atoms with Crippen molar-refractivity contribution in [1.29, 1.82) is 0 Å². The number of hydrogen-bond donors (Lipinski definition) is 1. The van der Waals surface area contributed by atoms with Crippen LogP contribution in [0.4, 0.5) is 0 Å². The first kappa shape index (κ1) is 10.6. The predicted molar refractivity (Wildman–Crippen MR) is 63.9 cm³/mol. The number of amides is 1. The lowest BCUT2D eigenvalue weighted by atomic mass is 9.55. The highest BCUT2D eigenvalue weighted by molar-refractivity contribution is 5.48. The van der Waals surface area contributed by atoms with Crippen molar-refractivity contribution in [1.82, 2.24) is 5.32 Å². The van der Waals surface area contributed by atoms with Crippen molar-refractivity contribution in [2.45, 2.75) is 58.9 Å². The molecule has 3 fully saturated rings. The molecule has 3 aliphatic carbocycles. The van der Waals surface area contributed by atoms with Crippen LogP contribution in [0, 0.1) is 22.2 Å². The molecule has 4 unspecified atom stereocenters. The Kier molecular flexibility index (Phi) is 1.88. The van der Waals surface area contributed by atoms with Gasteiger partial charge in [0.25, 0.3) is 0 Å². The van der Waals surface area contributed by atoms with Gasteiger partial charge in [0.1, 0.15) is 0 Å². The lowest BCUT2D eigenvalue weighted by Gasteiger charge is -2.53. The maximum Gasteiger partial charge on any atom is 0.207 e. The van der Waals surface area contributed by atoms with E-state index in [9.17, 15) is 4.79 Å². The Labute approximate surface area is 98.2 Å². The van der Waals surface area contributed by atoms with Gasteiger partial charge >= 0.3 is 0 Å². The van der Waals surface area contributed by atoms with Crippen molar-refractivity contribution in [3.05, 3.63) is 0 Å². The molecule has 3 saturated carbocycles. The molecule has 90 valence electrons. The predicted octanol–water partition coefficient (Wildman–Crippen LogP) is 2.73. The highest BCUT2D eigenvalue weighted by Gasteiger charge is 2.70. The summed E-state index contributed by atoms with van der Waals surface area (Å²) in [6.45, 7) is 7.38. The third kappa shape index (κ3) is 0.930. The van der Waals surface area contributed by atoms with E-state index in [4.69, 9.17) is 0 Å². The third-order valence-corrected chi connectivity index (χ3v) is 6.69. The minimum absolute atomic E-state index is 0.456. The monoisotopic (exact) mass is 221 g/mol. The van der Waals surface area contributed by atoms with Crippen LogP contribution in [0.1, 0.15) is 52.9 Å². The van der Waals surface area contributed by atoms with Crippen LogP contribution in [-0.2, 0) is 4.79 Å². The first-order valence-electron chi connectivity index (χ1n) is 6.66. The first-order chi connectivity index (χ1) is 7.46. The van der Waals surface area contributed by atoms with E-state index in [0.29, 0.717) is 22.3 Å². The van der Waals surface area contributed by atoms with E-state index < -0.39 is 0 Å². The first-order valence-corrected chi connectivity index (χ1v) is 6.66. The molecule has 0 saturated heterocycles. The molecule has 0 aromatic heterocycles. The van der Waals surface area contributed by atoms with Crippen LogP contribution in [0.25, 0.3) is 0 Å². The average Bonchev–Trinajstić information content (AvgIpc) is 2.55. The number of fused-ring (bicyclic) bond motifs is 3. The van der Waals surface area contributed by atoms with E-state index in [-0.39, 0.29) is 0 Å². The molecule has 0 radical (unpaired) electrons. The van der Waals surface area contributed by atoms with E-state index in [0.717, 1.165) is 12.3 Å². The van der Waals surface area contributed by atoms with Crippen molar-refractivity contribution in [2.75, 3.05) is 0 Å². The van der Waals surface area contributed by atoms with Gasteiger partial charge < -0.3 is 5.32 Å². The number of carbonyl (C=O) groups excluding carboxylic acids is 1. The fraction of sp³-hybridized carbons (Fsp3) is 0.929. The van der Waals surface area contributed by atoms with Gasteiger partial charge in [-0.1, -0.05) is 20.8 Å². The van der Waals surface area contributed by atoms with Gasteiger partial charge in [-0.05, 0) is 54.3 Å². The summed E-state index contributed by atoms with van der Waals surface area (Å²) in [5, 5.41) is 3.07. The molecule has 0 aliphatic heterocycles. The molecule has 1 spiro atoms. The average molecular weight is 221 g/mol. The minimum Gasteiger partial charge on any atom is -0.355 e. The molecule has 2 bridgehead atoms. The standard InChI is InChI=1S/C14H23NO/c1-12(2)10-4-6-13(12,3)8-14(10)7-5-11(14)15-9-16/h9-11H,4-8H2,1-3H3,(H,15,16). The van der Waals surface area contributed by atoms with Gasteiger partial charge in [-0.3, -0.25) is 4.79 Å². The zero-order valence-corrected chi connectivity index (χ0v) is 10.7. The second kappa shape index (κ2) is 2.83. The number of carbonyl (C=O) groups is 1. The van der Waals surface area contributed by atoms with Gasteiger partial charge in [-0.2, -0.15) is 0 Å². The molecule has 2 nitrogen and oxygen atoms in total. The maximum atomic E-state index is 10.7. The topological polar surface area (TPSA) is 29.1 Å². The van der Waals surface area contributed by atoms with Gasteiger partial charge in [0.05, 0.1) is 0 Å². The summed E-state index contributed by atoms with van der Waals surface area (Å²) in [6, 6.07) is 0.469. The molecule has 0 aromatic rings. The van der Waals surface area contributed by atoms with Gasteiger partial charge in [0, 0.05) is 6.04 Å². The lowest BCUT2D eigenvalue weighted by molar-refractivity contribution is -0.114. The van der Waals surface area contributed by atoms with Gasteiger partial charge in [-0.15, -0.1) is 0 Å². The van der Waals surface area contributed by atoms with Gasteiger partial charge in [-0.25, -0.2) is 0 Å². The highest BCUT2D eigenvalue weighted by Crippen LogP contribution is 2.76. The second-order valence-corrected chi connectivity index (χ2v) is 7.16. The normalized spacial score (nSPS) is 52.7.